The highest BCUT2D eigenvalue weighted by Gasteiger charge is 2.43. The first-order chi connectivity index (χ1) is 10.1. The summed E-state index contributed by atoms with van der Waals surface area (Å²) in [5.41, 5.74) is -0.951. The van der Waals surface area contributed by atoms with Crippen LogP contribution in [0, 0.1) is 0 Å². The number of rotatable bonds is 3. The van der Waals surface area contributed by atoms with Crippen LogP contribution in [0.5, 0.6) is 0 Å². The first-order valence-corrected chi connectivity index (χ1v) is 9.46. The lowest BCUT2D eigenvalue weighted by Gasteiger charge is -2.31. The molecule has 1 aliphatic heterocycles. The van der Waals surface area contributed by atoms with Crippen LogP contribution in [0.3, 0.4) is 0 Å². The molecule has 2 rings (SSSR count). The quantitative estimate of drug-likeness (QED) is 0.809. The highest BCUT2D eigenvalue weighted by molar-refractivity contribution is 8.14. The fourth-order valence-electron chi connectivity index (χ4n) is 2.11. The Morgan fingerprint density at radius 3 is 2.61 bits per heavy atom. The van der Waals surface area contributed by atoms with Crippen molar-refractivity contribution < 1.29 is 13.5 Å². The van der Waals surface area contributed by atoms with E-state index in [2.05, 4.69) is 4.99 Å². The number of nitrogens with two attached hydrogens (primary N) is 1. The van der Waals surface area contributed by atoms with Crippen LogP contribution < -0.4 is 5.14 Å². The van der Waals surface area contributed by atoms with E-state index in [1.807, 2.05) is 13.8 Å². The molecule has 1 heterocycles. The number of hydrogen-bond acceptors (Lipinski definition) is 5. The zero-order valence-corrected chi connectivity index (χ0v) is 16.1. The standard InChI is InChI=1S/C13H18ClN3O3S2.ClH/c1-8(2)16-12-17(3)13(18,7-21-12)9-4-5-10(14)11(6-9)22(15,19)20;/h4-6,8,18H,7H2,1-3H3,(H2,15,19,20);1H. The second-order valence-corrected chi connectivity index (χ2v) is 8.24. The summed E-state index contributed by atoms with van der Waals surface area (Å²) in [6.07, 6.45) is 0. The Morgan fingerprint density at radius 2 is 2.09 bits per heavy atom. The predicted octanol–water partition coefficient (Wildman–Crippen LogP) is 2.00. The van der Waals surface area contributed by atoms with Crippen LogP contribution in [0.4, 0.5) is 0 Å². The molecule has 0 saturated carbocycles. The molecule has 0 aliphatic carbocycles. The monoisotopic (exact) mass is 399 g/mol. The summed E-state index contributed by atoms with van der Waals surface area (Å²) in [5, 5.41) is 16.8. The summed E-state index contributed by atoms with van der Waals surface area (Å²) in [6.45, 7) is 3.89. The maximum Gasteiger partial charge on any atom is 0.239 e. The average Bonchev–Trinajstić information content (AvgIpc) is 2.67. The second kappa shape index (κ2) is 7.16. The van der Waals surface area contributed by atoms with E-state index in [1.54, 1.807) is 18.0 Å². The van der Waals surface area contributed by atoms with Crippen molar-refractivity contribution in [2.45, 2.75) is 30.5 Å². The molecule has 1 atom stereocenters. The Kier molecular flexibility index (Phi) is 6.40. The molecular weight excluding hydrogens is 381 g/mol. The van der Waals surface area contributed by atoms with Crippen molar-refractivity contribution in [2.75, 3.05) is 12.8 Å². The van der Waals surface area contributed by atoms with E-state index in [1.165, 1.54) is 23.9 Å². The van der Waals surface area contributed by atoms with Crippen molar-refractivity contribution in [3.05, 3.63) is 28.8 Å². The van der Waals surface area contributed by atoms with Crippen molar-refractivity contribution in [1.29, 1.82) is 0 Å². The molecule has 6 nitrogen and oxygen atoms in total. The number of halogens is 2. The molecule has 130 valence electrons. The van der Waals surface area contributed by atoms with Gasteiger partial charge in [-0.15, -0.1) is 12.4 Å². The van der Waals surface area contributed by atoms with E-state index < -0.39 is 15.7 Å². The fourth-order valence-corrected chi connectivity index (χ4v) is 4.50. The molecule has 23 heavy (non-hydrogen) atoms. The van der Waals surface area contributed by atoms with Gasteiger partial charge in [-0.25, -0.2) is 13.6 Å². The first-order valence-electron chi connectivity index (χ1n) is 6.55. The molecule has 0 amide bonds. The fraction of sp³-hybridized carbons (Fsp3) is 0.462. The highest BCUT2D eigenvalue weighted by atomic mass is 35.5. The number of primary sulfonamides is 1. The maximum absolute atomic E-state index is 11.6. The van der Waals surface area contributed by atoms with Crippen molar-refractivity contribution >= 4 is 51.0 Å². The second-order valence-electron chi connectivity index (χ2n) is 5.36. The Hall–Kier alpha value is -0.510. The minimum absolute atomic E-state index is 0. The third kappa shape index (κ3) is 4.12. The van der Waals surface area contributed by atoms with Crippen LogP contribution in [0.25, 0.3) is 0 Å². The molecule has 0 bridgehead atoms. The van der Waals surface area contributed by atoms with Crippen LogP contribution in [0.15, 0.2) is 28.1 Å². The van der Waals surface area contributed by atoms with E-state index in [0.29, 0.717) is 16.5 Å². The van der Waals surface area contributed by atoms with Gasteiger partial charge in [-0.2, -0.15) is 0 Å². The van der Waals surface area contributed by atoms with E-state index >= 15 is 0 Å². The van der Waals surface area contributed by atoms with Gasteiger partial charge in [0.1, 0.15) is 4.90 Å². The molecule has 0 radical (unpaired) electrons. The Labute approximate surface area is 151 Å². The van der Waals surface area contributed by atoms with Gasteiger partial charge in [0.25, 0.3) is 0 Å². The minimum atomic E-state index is -3.96. The first kappa shape index (κ1) is 20.5. The average molecular weight is 400 g/mol. The number of sulfonamides is 1. The third-order valence-corrected chi connectivity index (χ3v) is 5.89. The van der Waals surface area contributed by atoms with Crippen molar-refractivity contribution in [1.82, 2.24) is 4.90 Å². The van der Waals surface area contributed by atoms with Gasteiger partial charge in [-0.3, -0.25) is 4.99 Å². The van der Waals surface area contributed by atoms with E-state index in [-0.39, 0.29) is 28.4 Å². The molecule has 1 aromatic rings. The number of thioether (sulfide) groups is 1. The summed E-state index contributed by atoms with van der Waals surface area (Å²) in [4.78, 5) is 5.88. The van der Waals surface area contributed by atoms with Crippen molar-refractivity contribution in [3.8, 4) is 0 Å². The van der Waals surface area contributed by atoms with Crippen LogP contribution in [-0.2, 0) is 15.7 Å². The van der Waals surface area contributed by atoms with Gasteiger partial charge in [0.05, 0.1) is 10.8 Å². The number of aliphatic imine (C=N–C) groups is 1. The largest absolute Gasteiger partial charge is 0.366 e. The molecule has 1 aromatic carbocycles. The smallest absolute Gasteiger partial charge is 0.239 e. The zero-order chi connectivity index (χ0) is 16.7. The van der Waals surface area contributed by atoms with Crippen LogP contribution in [-0.4, -0.2) is 42.4 Å². The van der Waals surface area contributed by atoms with Gasteiger partial charge in [-0.1, -0.05) is 29.4 Å². The van der Waals surface area contributed by atoms with Gasteiger partial charge < -0.3 is 10.0 Å². The van der Waals surface area contributed by atoms with Gasteiger partial charge in [-0.05, 0) is 26.0 Å². The molecule has 1 aliphatic rings. The lowest BCUT2D eigenvalue weighted by Crippen LogP contribution is -2.42. The molecule has 0 spiro atoms. The summed E-state index contributed by atoms with van der Waals surface area (Å²) >= 11 is 7.29. The number of hydrogen-bond donors (Lipinski definition) is 2. The number of benzene rings is 1. The van der Waals surface area contributed by atoms with E-state index in [4.69, 9.17) is 16.7 Å². The molecule has 10 heteroatoms. The van der Waals surface area contributed by atoms with E-state index in [9.17, 15) is 13.5 Å². The van der Waals surface area contributed by atoms with Crippen LogP contribution in [0.1, 0.15) is 19.4 Å². The highest BCUT2D eigenvalue weighted by Crippen LogP contribution is 2.39. The Morgan fingerprint density at radius 1 is 1.48 bits per heavy atom. The molecule has 1 saturated heterocycles. The molecule has 3 N–H and O–H groups in total. The summed E-state index contributed by atoms with van der Waals surface area (Å²) in [7, 11) is -2.25. The SMILES string of the molecule is CC(C)N=C1SCC(O)(c2ccc(Cl)c(S(N)(=O)=O)c2)N1C.Cl. The molecular formula is C13H19Cl2N3O3S2. The van der Waals surface area contributed by atoms with Gasteiger partial charge >= 0.3 is 0 Å². The lowest BCUT2D eigenvalue weighted by atomic mass is 10.0. The molecule has 1 unspecified atom stereocenters. The van der Waals surface area contributed by atoms with Gasteiger partial charge in [0, 0.05) is 18.7 Å². The van der Waals surface area contributed by atoms with Crippen LogP contribution in [0.2, 0.25) is 5.02 Å². The third-order valence-electron chi connectivity index (χ3n) is 3.31. The van der Waals surface area contributed by atoms with Crippen molar-refractivity contribution in [2.24, 2.45) is 10.1 Å². The van der Waals surface area contributed by atoms with Crippen LogP contribution >= 0.6 is 35.8 Å². The summed E-state index contributed by atoms with van der Waals surface area (Å²) in [6, 6.07) is 4.42. The maximum atomic E-state index is 11.6. The molecule has 0 aromatic heterocycles. The number of aliphatic hydroxyl groups is 1. The normalized spacial score (nSPS) is 23.4. The molecule has 1 fully saturated rings. The minimum Gasteiger partial charge on any atom is -0.366 e. The van der Waals surface area contributed by atoms with Gasteiger partial charge in [0.2, 0.25) is 10.0 Å². The summed E-state index contributed by atoms with van der Waals surface area (Å²) < 4.78 is 23.2. The summed E-state index contributed by atoms with van der Waals surface area (Å²) in [5.74, 6) is 0.334. The topological polar surface area (TPSA) is 96.0 Å². The number of amidine groups is 1. The van der Waals surface area contributed by atoms with E-state index in [0.717, 1.165) is 0 Å². The number of nitrogens with zero attached hydrogens (tertiary/aromatic N) is 2. The lowest BCUT2D eigenvalue weighted by molar-refractivity contribution is -0.0350. The van der Waals surface area contributed by atoms with Gasteiger partial charge in [0.15, 0.2) is 10.9 Å². The Bertz CT molecular complexity index is 725. The van der Waals surface area contributed by atoms with Crippen molar-refractivity contribution in [3.63, 3.8) is 0 Å². The Balaban J connectivity index is 0.00000264. The predicted molar refractivity (Wildman–Crippen MR) is 96.8 cm³/mol. The zero-order valence-electron chi connectivity index (χ0n) is 12.9.